The standard InChI is InChI=1S/C10H19N3O7/c14-5-6-7(15)8(16)9(17)10(19-6)20-11-13(18)12-3-1-2-4-12/h6-10,14-17H,1-5H2/b13-11-/t6-,7-,8+,9-,10+/m1/s1. The van der Waals surface area contributed by atoms with Gasteiger partial charge in [-0.1, -0.05) is 0 Å². The van der Waals surface area contributed by atoms with Crippen molar-refractivity contribution in [2.45, 2.75) is 43.5 Å². The Kier molecular flexibility index (Phi) is 4.94. The van der Waals surface area contributed by atoms with E-state index in [4.69, 9.17) is 14.7 Å². The summed E-state index contributed by atoms with van der Waals surface area (Å²) in [5, 5.41) is 54.0. The molecule has 2 saturated heterocycles. The summed E-state index contributed by atoms with van der Waals surface area (Å²) in [7, 11) is 0. The molecule has 2 rings (SSSR count). The van der Waals surface area contributed by atoms with Crippen molar-refractivity contribution in [3.8, 4) is 0 Å². The van der Waals surface area contributed by atoms with Crippen molar-refractivity contribution in [3.63, 3.8) is 0 Å². The van der Waals surface area contributed by atoms with Crippen LogP contribution in [0.4, 0.5) is 0 Å². The van der Waals surface area contributed by atoms with E-state index in [0.29, 0.717) is 13.1 Å². The van der Waals surface area contributed by atoms with E-state index < -0.39 is 37.3 Å². The number of rotatable bonds is 4. The molecule has 10 heteroatoms. The van der Waals surface area contributed by atoms with Gasteiger partial charge in [0.05, 0.1) is 24.7 Å². The fourth-order valence-electron chi connectivity index (χ4n) is 2.16. The Hall–Kier alpha value is -1.20. The number of hydrazine groups is 1. The van der Waals surface area contributed by atoms with Gasteiger partial charge in [-0.25, -0.2) is 0 Å². The predicted octanol–water partition coefficient (Wildman–Crippen LogP) is -2.31. The highest BCUT2D eigenvalue weighted by Gasteiger charge is 2.45. The van der Waals surface area contributed by atoms with E-state index in [9.17, 15) is 20.5 Å². The third kappa shape index (κ3) is 3.10. The lowest BCUT2D eigenvalue weighted by molar-refractivity contribution is -0.710. The van der Waals surface area contributed by atoms with Gasteiger partial charge in [0.2, 0.25) is 5.28 Å². The molecule has 0 radical (unpaired) electrons. The molecule has 5 atom stereocenters. The molecule has 20 heavy (non-hydrogen) atoms. The maximum atomic E-state index is 11.5. The van der Waals surface area contributed by atoms with Crippen LogP contribution >= 0.6 is 0 Å². The van der Waals surface area contributed by atoms with Crippen LogP contribution in [0.2, 0.25) is 0 Å². The number of hydrogen-bond acceptors (Lipinski definition) is 8. The summed E-state index contributed by atoms with van der Waals surface area (Å²) < 4.78 is 5.03. The minimum absolute atomic E-state index is 0.258. The molecule has 0 saturated carbocycles. The molecule has 0 aromatic rings. The smallest absolute Gasteiger partial charge is 0.262 e. The number of hydrogen-bond donors (Lipinski definition) is 4. The minimum Gasteiger partial charge on any atom is -0.569 e. The first-order valence-electron chi connectivity index (χ1n) is 6.44. The molecule has 2 heterocycles. The van der Waals surface area contributed by atoms with E-state index in [1.807, 2.05) is 0 Å². The fraction of sp³-hybridized carbons (Fsp3) is 1.00. The minimum atomic E-state index is -1.58. The highest BCUT2D eigenvalue weighted by Crippen LogP contribution is 2.22. The second-order valence-electron chi connectivity index (χ2n) is 4.80. The molecule has 10 nitrogen and oxygen atoms in total. The largest absolute Gasteiger partial charge is 0.569 e. The maximum Gasteiger partial charge on any atom is 0.262 e. The van der Waals surface area contributed by atoms with Gasteiger partial charge in [-0.2, -0.15) is 0 Å². The lowest BCUT2D eigenvalue weighted by atomic mass is 9.99. The predicted molar refractivity (Wildman–Crippen MR) is 61.7 cm³/mol. The molecule has 4 N–H and O–H groups in total. The van der Waals surface area contributed by atoms with Crippen LogP contribution in [0.25, 0.3) is 0 Å². The Labute approximate surface area is 115 Å². The van der Waals surface area contributed by atoms with Gasteiger partial charge in [0.15, 0.2) is 0 Å². The van der Waals surface area contributed by atoms with Gasteiger partial charge in [-0.05, 0) is 12.8 Å². The maximum absolute atomic E-state index is 11.5. The molecule has 0 aromatic carbocycles. The van der Waals surface area contributed by atoms with Crippen molar-refractivity contribution in [1.29, 1.82) is 0 Å². The molecular formula is C10H19N3O7. The second-order valence-corrected chi connectivity index (χ2v) is 4.80. The van der Waals surface area contributed by atoms with Crippen LogP contribution in [-0.4, -0.2) is 80.8 Å². The van der Waals surface area contributed by atoms with Crippen molar-refractivity contribution >= 4 is 0 Å². The topological polar surface area (TPSA) is 141 Å². The first-order chi connectivity index (χ1) is 9.54. The highest BCUT2D eigenvalue weighted by atomic mass is 16.8. The molecule has 116 valence electrons. The summed E-state index contributed by atoms with van der Waals surface area (Å²) in [5.41, 5.74) is 0. The monoisotopic (exact) mass is 293 g/mol. The SMILES string of the molecule is [O-]/[N+](=N\O[C@@H]1O[C@H](CO)[C@@H](O)[C@H](O)[C@H]1O)N1CCCC1. The van der Waals surface area contributed by atoms with Crippen molar-refractivity contribution in [1.82, 2.24) is 5.01 Å². The number of aliphatic hydroxyl groups is 4. The molecule has 2 aliphatic rings. The molecule has 0 aromatic heterocycles. The highest BCUT2D eigenvalue weighted by molar-refractivity contribution is 4.88. The van der Waals surface area contributed by atoms with E-state index in [1.165, 1.54) is 5.01 Å². The van der Waals surface area contributed by atoms with E-state index in [1.54, 1.807) is 0 Å². The van der Waals surface area contributed by atoms with Gasteiger partial charge in [0, 0.05) is 0 Å². The molecule has 0 amide bonds. The van der Waals surface area contributed by atoms with Gasteiger partial charge < -0.3 is 35.2 Å². The first kappa shape index (κ1) is 15.2. The quantitative estimate of drug-likeness (QED) is 0.257. The van der Waals surface area contributed by atoms with E-state index in [-0.39, 0.29) is 4.97 Å². The van der Waals surface area contributed by atoms with Gasteiger partial charge in [-0.3, -0.25) is 0 Å². The summed E-state index contributed by atoms with van der Waals surface area (Å²) in [6.07, 6.45) is -5.39. The molecule has 0 aliphatic carbocycles. The Balaban J connectivity index is 1.95. The van der Waals surface area contributed by atoms with Crippen LogP contribution in [0.1, 0.15) is 12.8 Å². The van der Waals surface area contributed by atoms with Crippen molar-refractivity contribution in [3.05, 3.63) is 5.21 Å². The van der Waals surface area contributed by atoms with Gasteiger partial charge in [-0.15, -0.1) is 5.01 Å². The molecular weight excluding hydrogens is 274 g/mol. The average molecular weight is 293 g/mol. The molecule has 2 aliphatic heterocycles. The third-order valence-corrected chi connectivity index (χ3v) is 3.39. The zero-order chi connectivity index (χ0) is 14.7. The first-order valence-corrected chi connectivity index (χ1v) is 6.44. The number of aliphatic hydroxyl groups excluding tert-OH is 4. The van der Waals surface area contributed by atoms with Crippen molar-refractivity contribution in [2.75, 3.05) is 19.7 Å². The average Bonchev–Trinajstić information content (AvgIpc) is 2.98. The molecule has 0 unspecified atom stereocenters. The Morgan fingerprint density at radius 2 is 1.85 bits per heavy atom. The van der Waals surface area contributed by atoms with Crippen LogP contribution in [0, 0.1) is 5.21 Å². The van der Waals surface area contributed by atoms with E-state index in [0.717, 1.165) is 12.8 Å². The van der Waals surface area contributed by atoms with E-state index >= 15 is 0 Å². The zero-order valence-electron chi connectivity index (χ0n) is 10.8. The van der Waals surface area contributed by atoms with Crippen LogP contribution in [0.5, 0.6) is 0 Å². The zero-order valence-corrected chi connectivity index (χ0v) is 10.8. The van der Waals surface area contributed by atoms with Crippen molar-refractivity contribution < 1.29 is 35.0 Å². The Bertz CT molecular complexity index is 348. The van der Waals surface area contributed by atoms with Crippen LogP contribution < -0.4 is 0 Å². The van der Waals surface area contributed by atoms with E-state index in [2.05, 4.69) is 5.28 Å². The van der Waals surface area contributed by atoms with Gasteiger partial charge in [0.25, 0.3) is 6.29 Å². The Morgan fingerprint density at radius 1 is 1.20 bits per heavy atom. The van der Waals surface area contributed by atoms with Crippen molar-refractivity contribution in [2.24, 2.45) is 5.28 Å². The summed E-state index contributed by atoms with van der Waals surface area (Å²) in [4.78, 5) is 5.02. The molecule has 0 spiro atoms. The summed E-state index contributed by atoms with van der Waals surface area (Å²) in [6, 6.07) is 0. The normalized spacial score (nSPS) is 39.1. The molecule has 2 fully saturated rings. The fourth-order valence-corrected chi connectivity index (χ4v) is 2.16. The lowest BCUT2D eigenvalue weighted by Gasteiger charge is -2.37. The third-order valence-electron chi connectivity index (χ3n) is 3.39. The lowest BCUT2D eigenvalue weighted by Crippen LogP contribution is -2.58. The van der Waals surface area contributed by atoms with Crippen LogP contribution in [0.3, 0.4) is 0 Å². The van der Waals surface area contributed by atoms with Gasteiger partial charge >= 0.3 is 0 Å². The van der Waals surface area contributed by atoms with Crippen LogP contribution in [-0.2, 0) is 9.57 Å². The Morgan fingerprint density at radius 3 is 2.45 bits per heavy atom. The summed E-state index contributed by atoms with van der Waals surface area (Å²) in [5.74, 6) is 0. The molecule has 0 bridgehead atoms. The van der Waals surface area contributed by atoms with Gasteiger partial charge in [0.1, 0.15) is 24.4 Å². The number of ether oxygens (including phenoxy) is 1. The number of nitrogens with zero attached hydrogens (tertiary/aromatic N) is 3. The summed E-state index contributed by atoms with van der Waals surface area (Å²) in [6.45, 7) is 0.550. The summed E-state index contributed by atoms with van der Waals surface area (Å²) >= 11 is 0. The second kappa shape index (κ2) is 6.50. The van der Waals surface area contributed by atoms with Crippen LogP contribution in [0.15, 0.2) is 5.28 Å².